The highest BCUT2D eigenvalue weighted by atomic mass is 79.9. The second kappa shape index (κ2) is 10.5. The molecule has 0 aromatic heterocycles. The maximum atomic E-state index is 11.2. The standard InChI is InChI=1S/C27H23O2P.BrH/c28-27(29)20-22-11-10-12-23(19-22)21-30(24-13-4-1-5-14-24,25-15-6-2-7-16-25)26-17-8-3-9-18-26;/h1-19H,20-21H2;1H. The van der Waals surface area contributed by atoms with E-state index < -0.39 is 13.2 Å². The first-order valence-corrected chi connectivity index (χ1v) is 12.0. The van der Waals surface area contributed by atoms with Crippen LogP contribution in [0.5, 0.6) is 0 Å². The van der Waals surface area contributed by atoms with Crippen molar-refractivity contribution in [2.45, 2.75) is 12.6 Å². The second-order valence-electron chi connectivity index (χ2n) is 7.36. The molecule has 0 saturated carbocycles. The van der Waals surface area contributed by atoms with E-state index in [2.05, 4.69) is 103 Å². The average Bonchev–Trinajstić information content (AvgIpc) is 2.79. The van der Waals surface area contributed by atoms with E-state index in [1.165, 1.54) is 21.5 Å². The minimum Gasteiger partial charge on any atom is -1.00 e. The summed E-state index contributed by atoms with van der Waals surface area (Å²) >= 11 is 0. The number of carboxylic acid groups (broad SMARTS) is 1. The lowest BCUT2D eigenvalue weighted by atomic mass is 10.1. The molecule has 0 atom stereocenters. The number of rotatable bonds is 7. The van der Waals surface area contributed by atoms with Gasteiger partial charge in [0.05, 0.1) is 12.6 Å². The average molecular weight is 491 g/mol. The van der Waals surface area contributed by atoms with Crippen LogP contribution in [0.3, 0.4) is 0 Å². The molecule has 0 spiro atoms. The summed E-state index contributed by atoms with van der Waals surface area (Å²) in [5.74, 6) is -0.803. The third-order valence-electron chi connectivity index (χ3n) is 5.36. The highest BCUT2D eigenvalue weighted by Gasteiger charge is 2.45. The van der Waals surface area contributed by atoms with Crippen LogP contribution in [0, 0.1) is 0 Å². The predicted molar refractivity (Wildman–Crippen MR) is 127 cm³/mol. The lowest BCUT2D eigenvalue weighted by Crippen LogP contribution is -3.00. The maximum absolute atomic E-state index is 11.2. The van der Waals surface area contributed by atoms with Gasteiger partial charge in [-0.1, -0.05) is 78.9 Å². The van der Waals surface area contributed by atoms with Crippen molar-refractivity contribution in [2.24, 2.45) is 0 Å². The fourth-order valence-electron chi connectivity index (χ4n) is 4.05. The lowest BCUT2D eigenvalue weighted by Gasteiger charge is -2.28. The van der Waals surface area contributed by atoms with Crippen molar-refractivity contribution in [1.82, 2.24) is 0 Å². The quantitative estimate of drug-likeness (QED) is 0.401. The normalized spacial score (nSPS) is 10.8. The van der Waals surface area contributed by atoms with Crippen molar-refractivity contribution >= 4 is 29.1 Å². The topological polar surface area (TPSA) is 37.3 Å². The molecule has 0 fully saturated rings. The molecular formula is C27H24BrO2P. The Bertz CT molecular complexity index is 1020. The van der Waals surface area contributed by atoms with Crippen LogP contribution in [0.4, 0.5) is 0 Å². The van der Waals surface area contributed by atoms with Gasteiger partial charge in [0.1, 0.15) is 23.2 Å². The van der Waals surface area contributed by atoms with E-state index >= 15 is 0 Å². The smallest absolute Gasteiger partial charge is 0.307 e. The summed E-state index contributed by atoms with van der Waals surface area (Å²) in [5.41, 5.74) is 2.01. The molecule has 0 radical (unpaired) electrons. The van der Waals surface area contributed by atoms with Crippen LogP contribution in [-0.2, 0) is 17.4 Å². The number of aliphatic carboxylic acids is 1. The fraction of sp³-hybridized carbons (Fsp3) is 0.0741. The van der Waals surface area contributed by atoms with Crippen LogP contribution in [-0.4, -0.2) is 11.1 Å². The lowest BCUT2D eigenvalue weighted by molar-refractivity contribution is -0.136. The van der Waals surface area contributed by atoms with Crippen LogP contribution in [0.1, 0.15) is 11.1 Å². The van der Waals surface area contributed by atoms with Gasteiger partial charge < -0.3 is 22.1 Å². The molecular weight excluding hydrogens is 467 g/mol. The Balaban J connectivity index is 0.00000272. The van der Waals surface area contributed by atoms with E-state index in [1.54, 1.807) is 0 Å². The molecule has 0 aliphatic rings. The molecule has 4 aromatic rings. The predicted octanol–water partition coefficient (Wildman–Crippen LogP) is 1.81. The van der Waals surface area contributed by atoms with E-state index in [9.17, 15) is 9.90 Å². The molecule has 0 aliphatic heterocycles. The third kappa shape index (κ3) is 5.12. The second-order valence-corrected chi connectivity index (χ2v) is 10.8. The summed E-state index contributed by atoms with van der Waals surface area (Å²) in [4.78, 5) is 11.2. The van der Waals surface area contributed by atoms with Gasteiger partial charge in [0, 0.05) is 0 Å². The van der Waals surface area contributed by atoms with Crippen LogP contribution in [0.15, 0.2) is 115 Å². The van der Waals surface area contributed by atoms with Gasteiger partial charge in [-0.15, -0.1) is 0 Å². The first kappa shape index (κ1) is 22.9. The Morgan fingerprint density at radius 3 is 1.45 bits per heavy atom. The van der Waals surface area contributed by atoms with Gasteiger partial charge in [-0.2, -0.15) is 0 Å². The molecule has 0 bridgehead atoms. The van der Waals surface area contributed by atoms with Crippen LogP contribution in [0.2, 0.25) is 0 Å². The van der Waals surface area contributed by atoms with Gasteiger partial charge in [0.2, 0.25) is 0 Å². The third-order valence-corrected chi connectivity index (χ3v) is 9.74. The van der Waals surface area contributed by atoms with Crippen molar-refractivity contribution < 1.29 is 26.9 Å². The number of carboxylic acids is 1. The number of benzene rings is 4. The molecule has 0 amide bonds. The van der Waals surface area contributed by atoms with Crippen molar-refractivity contribution in [2.75, 3.05) is 0 Å². The summed E-state index contributed by atoms with van der Waals surface area (Å²) < 4.78 is 0. The Labute approximate surface area is 194 Å². The van der Waals surface area contributed by atoms with E-state index in [1.807, 2.05) is 12.1 Å². The van der Waals surface area contributed by atoms with Crippen LogP contribution < -0.4 is 32.9 Å². The van der Waals surface area contributed by atoms with Crippen molar-refractivity contribution in [3.8, 4) is 0 Å². The van der Waals surface area contributed by atoms with E-state index in [-0.39, 0.29) is 23.4 Å². The van der Waals surface area contributed by atoms with E-state index in [0.717, 1.165) is 11.7 Å². The van der Waals surface area contributed by atoms with Gasteiger partial charge in [-0.05, 0) is 47.5 Å². The molecule has 156 valence electrons. The SMILES string of the molecule is O=C(O)Cc1cccc(C[P+](c2ccccc2)(c2ccccc2)c2ccccc2)c1.[Br-]. The number of hydrogen-bond acceptors (Lipinski definition) is 1. The molecule has 1 N–H and O–H groups in total. The van der Waals surface area contributed by atoms with Crippen LogP contribution >= 0.6 is 7.26 Å². The Kier molecular flexibility index (Phi) is 7.79. The van der Waals surface area contributed by atoms with Crippen molar-refractivity contribution in [3.63, 3.8) is 0 Å². The van der Waals surface area contributed by atoms with Crippen LogP contribution in [0.25, 0.3) is 0 Å². The summed E-state index contributed by atoms with van der Waals surface area (Å²) in [7, 11) is -1.98. The minimum atomic E-state index is -1.98. The Hall–Kier alpha value is -2.74. The summed E-state index contributed by atoms with van der Waals surface area (Å²) in [6.07, 6.45) is 0.889. The Morgan fingerprint density at radius 1 is 0.613 bits per heavy atom. The zero-order valence-corrected chi connectivity index (χ0v) is 19.5. The van der Waals surface area contributed by atoms with Gasteiger partial charge in [0.25, 0.3) is 0 Å². The van der Waals surface area contributed by atoms with E-state index in [0.29, 0.717) is 0 Å². The molecule has 31 heavy (non-hydrogen) atoms. The number of halogens is 1. The van der Waals surface area contributed by atoms with Crippen molar-refractivity contribution in [3.05, 3.63) is 126 Å². The first-order chi connectivity index (χ1) is 14.7. The molecule has 0 unspecified atom stereocenters. The number of carbonyl (C=O) groups is 1. The number of hydrogen-bond donors (Lipinski definition) is 1. The first-order valence-electron chi connectivity index (χ1n) is 10.0. The molecule has 0 heterocycles. The molecule has 0 saturated heterocycles. The monoisotopic (exact) mass is 490 g/mol. The summed E-state index contributed by atoms with van der Waals surface area (Å²) in [5, 5.41) is 13.2. The van der Waals surface area contributed by atoms with Gasteiger partial charge in [-0.25, -0.2) is 0 Å². The maximum Gasteiger partial charge on any atom is 0.307 e. The van der Waals surface area contributed by atoms with Gasteiger partial charge >= 0.3 is 5.97 Å². The summed E-state index contributed by atoms with van der Waals surface area (Å²) in [6.45, 7) is 0. The molecule has 0 aliphatic carbocycles. The molecule has 4 heteroatoms. The molecule has 4 aromatic carbocycles. The molecule has 4 rings (SSSR count). The molecule has 2 nitrogen and oxygen atoms in total. The Morgan fingerprint density at radius 2 is 1.03 bits per heavy atom. The highest BCUT2D eigenvalue weighted by molar-refractivity contribution is 7.95. The highest BCUT2D eigenvalue weighted by Crippen LogP contribution is 2.58. The largest absolute Gasteiger partial charge is 1.00 e. The fourth-order valence-corrected chi connectivity index (χ4v) is 8.28. The van der Waals surface area contributed by atoms with E-state index in [4.69, 9.17) is 0 Å². The summed E-state index contributed by atoms with van der Waals surface area (Å²) in [6, 6.07) is 40.2. The zero-order valence-electron chi connectivity index (χ0n) is 17.1. The van der Waals surface area contributed by atoms with Crippen molar-refractivity contribution in [1.29, 1.82) is 0 Å². The van der Waals surface area contributed by atoms with Gasteiger partial charge in [0.15, 0.2) is 0 Å². The zero-order chi connectivity index (χ0) is 20.8. The minimum absolute atomic E-state index is 0. The van der Waals surface area contributed by atoms with Gasteiger partial charge in [-0.3, -0.25) is 4.79 Å².